The first-order valence-electron chi connectivity index (χ1n) is 8.74. The van der Waals surface area contributed by atoms with E-state index in [1.165, 1.54) is 5.56 Å². The summed E-state index contributed by atoms with van der Waals surface area (Å²) in [6, 6.07) is 21.2. The Balaban J connectivity index is 2.11. The molecule has 0 spiro atoms. The number of hydrogen-bond donors (Lipinski definition) is 1. The zero-order valence-electron chi connectivity index (χ0n) is 16.0. The summed E-state index contributed by atoms with van der Waals surface area (Å²) in [5, 5.41) is 0. The van der Waals surface area contributed by atoms with E-state index in [0.29, 0.717) is 4.90 Å². The molecule has 0 bridgehead atoms. The number of benzene rings is 3. The SMILES string of the molecule is Cc1ccc(S(=O)(=O)N[Se+](c2ccccc2)c2c(C)cc(C)cc2C)cc1. The van der Waals surface area contributed by atoms with Crippen LogP contribution in [-0.2, 0) is 10.0 Å². The second-order valence-electron chi connectivity index (χ2n) is 6.75. The average Bonchev–Trinajstić information content (AvgIpc) is 2.61. The van der Waals surface area contributed by atoms with E-state index >= 15 is 0 Å². The van der Waals surface area contributed by atoms with Crippen LogP contribution in [0.3, 0.4) is 0 Å². The maximum atomic E-state index is 13.1. The first-order valence-corrected chi connectivity index (χ1v) is 12.8. The summed E-state index contributed by atoms with van der Waals surface area (Å²) in [5.41, 5.74) is 4.49. The minimum atomic E-state index is -3.61. The molecule has 0 saturated heterocycles. The van der Waals surface area contributed by atoms with Crippen molar-refractivity contribution in [2.75, 3.05) is 0 Å². The molecule has 1 N–H and O–H groups in total. The summed E-state index contributed by atoms with van der Waals surface area (Å²) in [6.07, 6.45) is 0. The van der Waals surface area contributed by atoms with Gasteiger partial charge in [-0.15, -0.1) is 0 Å². The third kappa shape index (κ3) is 4.50. The fraction of sp³-hybridized carbons (Fsp3) is 0.182. The summed E-state index contributed by atoms with van der Waals surface area (Å²) in [4.78, 5) is 0.306. The van der Waals surface area contributed by atoms with E-state index in [1.807, 2.05) is 49.4 Å². The van der Waals surface area contributed by atoms with Gasteiger partial charge in [0, 0.05) is 0 Å². The molecule has 0 radical (unpaired) electrons. The zero-order valence-corrected chi connectivity index (χ0v) is 18.5. The molecule has 0 fully saturated rings. The van der Waals surface area contributed by atoms with E-state index in [1.54, 1.807) is 12.1 Å². The Morgan fingerprint density at radius 1 is 0.741 bits per heavy atom. The molecule has 0 aliphatic carbocycles. The van der Waals surface area contributed by atoms with E-state index in [0.717, 1.165) is 25.6 Å². The molecule has 0 heterocycles. The van der Waals surface area contributed by atoms with Crippen molar-refractivity contribution in [1.29, 1.82) is 0 Å². The number of nitrogens with one attached hydrogen (secondary N) is 1. The first-order chi connectivity index (χ1) is 12.8. The van der Waals surface area contributed by atoms with Gasteiger partial charge in [-0.2, -0.15) is 0 Å². The van der Waals surface area contributed by atoms with E-state index in [2.05, 4.69) is 36.6 Å². The van der Waals surface area contributed by atoms with Gasteiger partial charge in [-0.25, -0.2) is 0 Å². The van der Waals surface area contributed by atoms with Crippen molar-refractivity contribution in [3.05, 3.63) is 89.0 Å². The predicted octanol–water partition coefficient (Wildman–Crippen LogP) is 3.00. The van der Waals surface area contributed by atoms with Crippen LogP contribution in [0.5, 0.6) is 0 Å². The van der Waals surface area contributed by atoms with Crippen molar-refractivity contribution in [2.24, 2.45) is 0 Å². The summed E-state index contributed by atoms with van der Waals surface area (Å²) < 4.78 is 31.5. The number of aryl methyl sites for hydroxylation is 4. The van der Waals surface area contributed by atoms with Crippen LogP contribution < -0.4 is 12.7 Å². The van der Waals surface area contributed by atoms with Crippen LogP contribution in [0.2, 0.25) is 0 Å². The van der Waals surface area contributed by atoms with Crippen LogP contribution in [-0.4, -0.2) is 22.5 Å². The molecule has 1 atom stereocenters. The summed E-state index contributed by atoms with van der Waals surface area (Å²) >= 11 is -2.02. The van der Waals surface area contributed by atoms with Gasteiger partial charge in [-0.3, -0.25) is 0 Å². The molecule has 140 valence electrons. The van der Waals surface area contributed by atoms with Gasteiger partial charge in [-0.1, -0.05) is 0 Å². The van der Waals surface area contributed by atoms with Gasteiger partial charge >= 0.3 is 167 Å². The van der Waals surface area contributed by atoms with Crippen molar-refractivity contribution in [2.45, 2.75) is 32.6 Å². The maximum absolute atomic E-state index is 13.1. The molecular weight excluding hydrogens is 421 g/mol. The molecule has 1 unspecified atom stereocenters. The van der Waals surface area contributed by atoms with Gasteiger partial charge in [0.1, 0.15) is 0 Å². The van der Waals surface area contributed by atoms with Crippen molar-refractivity contribution >= 4 is 33.1 Å². The molecule has 0 saturated carbocycles. The molecule has 3 aromatic carbocycles. The Labute approximate surface area is 166 Å². The quantitative estimate of drug-likeness (QED) is 0.614. The number of hydrogen-bond acceptors (Lipinski definition) is 2. The summed E-state index contributed by atoms with van der Waals surface area (Å²) in [6.45, 7) is 8.14. The topological polar surface area (TPSA) is 46.2 Å². The normalized spacial score (nSPS) is 12.7. The van der Waals surface area contributed by atoms with E-state index in [9.17, 15) is 8.42 Å². The standard InChI is InChI=1S/C22H24NO2SSe/c1-16-10-12-20(13-11-16)26(24,25)23-27(21-8-6-5-7-9-21)22-18(3)14-17(2)15-19(22)4/h5-15,23H,1-4H3/q+1. The zero-order chi connectivity index (χ0) is 19.6. The Hall–Kier alpha value is -1.91. The molecule has 0 aromatic heterocycles. The third-order valence-electron chi connectivity index (χ3n) is 4.31. The van der Waals surface area contributed by atoms with Crippen LogP contribution in [0.1, 0.15) is 22.3 Å². The Morgan fingerprint density at radius 3 is 1.85 bits per heavy atom. The monoisotopic (exact) mass is 446 g/mol. The van der Waals surface area contributed by atoms with Gasteiger partial charge < -0.3 is 0 Å². The Morgan fingerprint density at radius 2 is 1.30 bits per heavy atom. The van der Waals surface area contributed by atoms with E-state index < -0.39 is 24.1 Å². The van der Waals surface area contributed by atoms with Gasteiger partial charge in [0.25, 0.3) is 0 Å². The van der Waals surface area contributed by atoms with Crippen LogP contribution in [0.15, 0.2) is 71.6 Å². The predicted molar refractivity (Wildman–Crippen MR) is 114 cm³/mol. The molecular formula is C22H24NO2SSe+. The van der Waals surface area contributed by atoms with Gasteiger partial charge in [0.2, 0.25) is 0 Å². The molecule has 3 rings (SSSR count). The van der Waals surface area contributed by atoms with Crippen LogP contribution in [0.4, 0.5) is 0 Å². The average molecular weight is 445 g/mol. The summed E-state index contributed by atoms with van der Waals surface area (Å²) in [5.74, 6) is 0. The number of rotatable bonds is 5. The van der Waals surface area contributed by atoms with Crippen molar-refractivity contribution < 1.29 is 8.42 Å². The minimum absolute atomic E-state index is 0.306. The number of sulfonamides is 1. The Kier molecular flexibility index (Phi) is 5.87. The Bertz CT molecular complexity index is 1020. The molecule has 0 amide bonds. The molecule has 5 heteroatoms. The van der Waals surface area contributed by atoms with Crippen molar-refractivity contribution in [3.8, 4) is 0 Å². The fourth-order valence-electron chi connectivity index (χ4n) is 3.13. The summed E-state index contributed by atoms with van der Waals surface area (Å²) in [7, 11) is -3.61. The second kappa shape index (κ2) is 7.99. The van der Waals surface area contributed by atoms with Crippen molar-refractivity contribution in [3.63, 3.8) is 0 Å². The molecule has 3 nitrogen and oxygen atoms in total. The van der Waals surface area contributed by atoms with Gasteiger partial charge in [0.05, 0.1) is 0 Å². The second-order valence-corrected chi connectivity index (χ2v) is 12.6. The van der Waals surface area contributed by atoms with E-state index in [-0.39, 0.29) is 0 Å². The molecule has 0 aliphatic heterocycles. The fourth-order valence-corrected chi connectivity index (χ4v) is 10.2. The first kappa shape index (κ1) is 19.8. The van der Waals surface area contributed by atoms with Crippen LogP contribution in [0.25, 0.3) is 0 Å². The van der Waals surface area contributed by atoms with Gasteiger partial charge in [0.15, 0.2) is 0 Å². The molecule has 0 aliphatic rings. The molecule has 27 heavy (non-hydrogen) atoms. The van der Waals surface area contributed by atoms with Crippen LogP contribution in [0, 0.1) is 27.7 Å². The van der Waals surface area contributed by atoms with E-state index in [4.69, 9.17) is 0 Å². The molecule has 3 aromatic rings. The third-order valence-corrected chi connectivity index (χ3v) is 11.8. The van der Waals surface area contributed by atoms with Crippen molar-refractivity contribution in [1.82, 2.24) is 3.74 Å². The van der Waals surface area contributed by atoms with Crippen LogP contribution >= 0.6 is 0 Å². The van der Waals surface area contributed by atoms with Gasteiger partial charge in [-0.05, 0) is 0 Å².